The van der Waals surface area contributed by atoms with Crippen LogP contribution >= 0.6 is 0 Å². The highest BCUT2D eigenvalue weighted by Gasteiger charge is 2.40. The van der Waals surface area contributed by atoms with E-state index in [1.165, 1.54) is 38.0 Å². The summed E-state index contributed by atoms with van der Waals surface area (Å²) in [7, 11) is 0. The van der Waals surface area contributed by atoms with Crippen LogP contribution in [0.3, 0.4) is 0 Å². The van der Waals surface area contributed by atoms with Gasteiger partial charge in [0.2, 0.25) is 0 Å². The van der Waals surface area contributed by atoms with Gasteiger partial charge in [-0.2, -0.15) is 0 Å². The number of benzene rings is 1. The summed E-state index contributed by atoms with van der Waals surface area (Å²) in [6.07, 6.45) is 2.76. The summed E-state index contributed by atoms with van der Waals surface area (Å²) in [6.45, 7) is 10.8. The van der Waals surface area contributed by atoms with E-state index >= 15 is 0 Å². The average molecular weight is 258 g/mol. The molecular weight excluding hydrogens is 232 g/mol. The van der Waals surface area contributed by atoms with Crippen LogP contribution in [0, 0.1) is 0 Å². The summed E-state index contributed by atoms with van der Waals surface area (Å²) >= 11 is 0. The molecule has 0 amide bonds. The first-order valence-corrected chi connectivity index (χ1v) is 7.61. The number of nitrogens with zero attached hydrogens (tertiary/aromatic N) is 2. The highest BCUT2D eigenvalue weighted by atomic mass is 15.3. The van der Waals surface area contributed by atoms with E-state index in [0.29, 0.717) is 6.04 Å². The molecular formula is C17H26N2. The van der Waals surface area contributed by atoms with Crippen LogP contribution in [0.5, 0.6) is 0 Å². The van der Waals surface area contributed by atoms with Gasteiger partial charge >= 0.3 is 0 Å². The van der Waals surface area contributed by atoms with Crippen molar-refractivity contribution in [1.82, 2.24) is 9.80 Å². The second-order valence-electron chi connectivity index (χ2n) is 7.04. The van der Waals surface area contributed by atoms with Gasteiger partial charge in [0.25, 0.3) is 0 Å². The molecule has 2 saturated heterocycles. The lowest BCUT2D eigenvalue weighted by Gasteiger charge is -2.50. The minimum absolute atomic E-state index is 0.245. The third-order valence-electron chi connectivity index (χ3n) is 4.74. The molecule has 0 bridgehead atoms. The maximum absolute atomic E-state index is 2.72. The van der Waals surface area contributed by atoms with Gasteiger partial charge in [-0.25, -0.2) is 0 Å². The standard InChI is InChI=1S/C17H26N2/c1-17(2,3)19-12-15-10-7-11-18(15)13-16(19)14-8-5-4-6-9-14/h4-6,8-9,15-16H,7,10-13H2,1-3H3. The van der Waals surface area contributed by atoms with Crippen molar-refractivity contribution < 1.29 is 0 Å². The lowest BCUT2D eigenvalue weighted by molar-refractivity contribution is -0.00921. The molecule has 19 heavy (non-hydrogen) atoms. The van der Waals surface area contributed by atoms with Crippen LogP contribution in [-0.4, -0.2) is 41.0 Å². The maximum Gasteiger partial charge on any atom is 0.0481 e. The molecule has 2 heteroatoms. The van der Waals surface area contributed by atoms with Crippen LogP contribution < -0.4 is 0 Å². The smallest absolute Gasteiger partial charge is 0.0481 e. The van der Waals surface area contributed by atoms with E-state index in [1.807, 2.05) is 0 Å². The second kappa shape index (κ2) is 4.92. The molecule has 2 nitrogen and oxygen atoms in total. The van der Waals surface area contributed by atoms with Crippen molar-refractivity contribution in [2.24, 2.45) is 0 Å². The number of rotatable bonds is 1. The van der Waals surface area contributed by atoms with Crippen molar-refractivity contribution in [2.75, 3.05) is 19.6 Å². The SMILES string of the molecule is CC(C)(C)N1CC2CCCN2CC1c1ccccc1. The average Bonchev–Trinajstić information content (AvgIpc) is 2.84. The molecule has 0 aliphatic carbocycles. The van der Waals surface area contributed by atoms with Crippen molar-refractivity contribution in [3.63, 3.8) is 0 Å². The molecule has 0 N–H and O–H groups in total. The van der Waals surface area contributed by atoms with Crippen molar-refractivity contribution in [1.29, 1.82) is 0 Å². The number of piperazine rings is 1. The van der Waals surface area contributed by atoms with E-state index in [9.17, 15) is 0 Å². The topological polar surface area (TPSA) is 6.48 Å². The van der Waals surface area contributed by atoms with Gasteiger partial charge < -0.3 is 0 Å². The van der Waals surface area contributed by atoms with Crippen molar-refractivity contribution >= 4 is 0 Å². The van der Waals surface area contributed by atoms with Gasteiger partial charge in [0.05, 0.1) is 0 Å². The molecule has 2 unspecified atom stereocenters. The Kier molecular flexibility index (Phi) is 3.40. The van der Waals surface area contributed by atoms with E-state index in [2.05, 4.69) is 60.9 Å². The predicted octanol–water partition coefficient (Wildman–Crippen LogP) is 3.31. The Hall–Kier alpha value is -0.860. The zero-order valence-corrected chi connectivity index (χ0v) is 12.5. The first-order chi connectivity index (χ1) is 9.05. The number of fused-ring (bicyclic) bond motifs is 1. The van der Waals surface area contributed by atoms with Crippen molar-refractivity contribution in [3.05, 3.63) is 35.9 Å². The fraction of sp³-hybridized carbons (Fsp3) is 0.647. The summed E-state index contributed by atoms with van der Waals surface area (Å²) in [4.78, 5) is 5.43. The van der Waals surface area contributed by atoms with E-state index in [-0.39, 0.29) is 5.54 Å². The molecule has 0 saturated carbocycles. The summed E-state index contributed by atoms with van der Waals surface area (Å²) < 4.78 is 0. The highest BCUT2D eigenvalue weighted by Crippen LogP contribution is 2.36. The van der Waals surface area contributed by atoms with Crippen LogP contribution in [-0.2, 0) is 0 Å². The lowest BCUT2D eigenvalue weighted by atomic mass is 9.93. The molecule has 2 heterocycles. The van der Waals surface area contributed by atoms with Crippen LogP contribution in [0.25, 0.3) is 0 Å². The Balaban J connectivity index is 1.90. The van der Waals surface area contributed by atoms with E-state index in [4.69, 9.17) is 0 Å². The van der Waals surface area contributed by atoms with Crippen molar-refractivity contribution in [3.8, 4) is 0 Å². The second-order valence-corrected chi connectivity index (χ2v) is 7.04. The van der Waals surface area contributed by atoms with Gasteiger partial charge in [-0.1, -0.05) is 30.3 Å². The largest absolute Gasteiger partial charge is 0.297 e. The van der Waals surface area contributed by atoms with Gasteiger partial charge in [-0.05, 0) is 45.7 Å². The molecule has 0 radical (unpaired) electrons. The third-order valence-corrected chi connectivity index (χ3v) is 4.74. The molecule has 0 spiro atoms. The first-order valence-electron chi connectivity index (χ1n) is 7.61. The Morgan fingerprint density at radius 1 is 1.05 bits per heavy atom. The minimum atomic E-state index is 0.245. The molecule has 0 aromatic heterocycles. The number of hydrogen-bond donors (Lipinski definition) is 0. The van der Waals surface area contributed by atoms with Gasteiger partial charge in [-0.15, -0.1) is 0 Å². The molecule has 104 valence electrons. The fourth-order valence-electron chi connectivity index (χ4n) is 3.72. The van der Waals surface area contributed by atoms with Crippen LogP contribution in [0.4, 0.5) is 0 Å². The van der Waals surface area contributed by atoms with Gasteiger partial charge in [0.15, 0.2) is 0 Å². The molecule has 2 fully saturated rings. The number of hydrogen-bond acceptors (Lipinski definition) is 2. The Bertz CT molecular complexity index is 421. The Morgan fingerprint density at radius 3 is 2.47 bits per heavy atom. The van der Waals surface area contributed by atoms with E-state index in [1.54, 1.807) is 0 Å². The van der Waals surface area contributed by atoms with Gasteiger partial charge in [0, 0.05) is 30.7 Å². The summed E-state index contributed by atoms with van der Waals surface area (Å²) in [5, 5.41) is 0. The fourth-order valence-corrected chi connectivity index (χ4v) is 3.72. The zero-order valence-electron chi connectivity index (χ0n) is 12.5. The minimum Gasteiger partial charge on any atom is -0.297 e. The van der Waals surface area contributed by atoms with Crippen LogP contribution in [0.2, 0.25) is 0 Å². The molecule has 1 aromatic carbocycles. The van der Waals surface area contributed by atoms with Crippen LogP contribution in [0.1, 0.15) is 45.2 Å². The summed E-state index contributed by atoms with van der Waals surface area (Å²) in [6, 6.07) is 12.4. The third kappa shape index (κ3) is 2.56. The highest BCUT2D eigenvalue weighted by molar-refractivity contribution is 5.21. The van der Waals surface area contributed by atoms with Gasteiger partial charge in [-0.3, -0.25) is 9.80 Å². The summed E-state index contributed by atoms with van der Waals surface area (Å²) in [5.41, 5.74) is 1.72. The van der Waals surface area contributed by atoms with E-state index < -0.39 is 0 Å². The monoisotopic (exact) mass is 258 g/mol. The molecule has 3 rings (SSSR count). The molecule has 1 aromatic rings. The Morgan fingerprint density at radius 2 is 1.79 bits per heavy atom. The maximum atomic E-state index is 2.72. The Labute approximate surface area is 117 Å². The zero-order chi connectivity index (χ0) is 13.5. The normalized spacial score (nSPS) is 29.4. The first kappa shape index (κ1) is 13.1. The molecule has 2 atom stereocenters. The van der Waals surface area contributed by atoms with Crippen LogP contribution in [0.15, 0.2) is 30.3 Å². The summed E-state index contributed by atoms with van der Waals surface area (Å²) in [5.74, 6) is 0. The molecule has 2 aliphatic rings. The lowest BCUT2D eigenvalue weighted by Crippen LogP contribution is -2.57. The van der Waals surface area contributed by atoms with E-state index in [0.717, 1.165) is 6.04 Å². The quantitative estimate of drug-likeness (QED) is 0.762. The van der Waals surface area contributed by atoms with Gasteiger partial charge in [0.1, 0.15) is 0 Å². The molecule has 2 aliphatic heterocycles. The van der Waals surface area contributed by atoms with Crippen molar-refractivity contribution in [2.45, 2.75) is 51.2 Å². The predicted molar refractivity (Wildman–Crippen MR) is 80.2 cm³/mol.